The van der Waals surface area contributed by atoms with E-state index >= 15 is 0 Å². The Morgan fingerprint density at radius 3 is 2.88 bits per heavy atom. The van der Waals surface area contributed by atoms with E-state index in [-0.39, 0.29) is 5.56 Å². The third kappa shape index (κ3) is 1.72. The Kier molecular flexibility index (Phi) is 2.52. The summed E-state index contributed by atoms with van der Waals surface area (Å²) < 4.78 is 13.1. The van der Waals surface area contributed by atoms with Crippen molar-refractivity contribution in [2.24, 2.45) is 5.92 Å². The Hall–Kier alpha value is -2.42. The molecule has 6 heteroatoms. The molecule has 0 fully saturated rings. The van der Waals surface area contributed by atoms with Gasteiger partial charge in [-0.3, -0.25) is 9.59 Å². The van der Waals surface area contributed by atoms with E-state index in [1.54, 1.807) is 6.07 Å². The molecule has 0 aliphatic carbocycles. The molecule has 17 heavy (non-hydrogen) atoms. The number of carboxylic acid groups (broad SMARTS) is 1. The number of nitriles is 1. The molecule has 1 heterocycles. The zero-order chi connectivity index (χ0) is 12.6. The molecule has 0 saturated heterocycles. The van der Waals surface area contributed by atoms with Crippen molar-refractivity contribution in [1.29, 1.82) is 5.26 Å². The van der Waals surface area contributed by atoms with Gasteiger partial charge in [0.2, 0.25) is 5.91 Å². The highest BCUT2D eigenvalue weighted by molar-refractivity contribution is 6.05. The van der Waals surface area contributed by atoms with E-state index in [1.165, 1.54) is 6.07 Å². The van der Waals surface area contributed by atoms with Crippen molar-refractivity contribution >= 4 is 17.6 Å². The van der Waals surface area contributed by atoms with Crippen LogP contribution in [0.4, 0.5) is 10.1 Å². The van der Waals surface area contributed by atoms with E-state index in [2.05, 4.69) is 5.32 Å². The quantitative estimate of drug-likeness (QED) is 0.801. The van der Waals surface area contributed by atoms with Gasteiger partial charge in [-0.05, 0) is 23.8 Å². The zero-order valence-corrected chi connectivity index (χ0v) is 8.48. The predicted octanol–water partition coefficient (Wildman–Crippen LogP) is 1.09. The first-order valence-electron chi connectivity index (χ1n) is 4.77. The molecule has 2 unspecified atom stereocenters. The van der Waals surface area contributed by atoms with Crippen molar-refractivity contribution in [3.05, 3.63) is 29.6 Å². The van der Waals surface area contributed by atoms with E-state index in [0.717, 1.165) is 12.1 Å². The molecular weight excluding hydrogens is 227 g/mol. The zero-order valence-electron chi connectivity index (χ0n) is 8.48. The number of nitrogens with one attached hydrogen (secondary N) is 1. The van der Waals surface area contributed by atoms with Crippen molar-refractivity contribution in [1.82, 2.24) is 0 Å². The molecule has 0 aromatic heterocycles. The van der Waals surface area contributed by atoms with Crippen molar-refractivity contribution in [2.75, 3.05) is 5.32 Å². The van der Waals surface area contributed by atoms with Gasteiger partial charge in [-0.25, -0.2) is 4.39 Å². The molecule has 1 aliphatic heterocycles. The second-order valence-electron chi connectivity index (χ2n) is 3.64. The van der Waals surface area contributed by atoms with Crippen LogP contribution in [0.15, 0.2) is 18.2 Å². The summed E-state index contributed by atoms with van der Waals surface area (Å²) >= 11 is 0. The fraction of sp³-hybridized carbons (Fsp3) is 0.182. The van der Waals surface area contributed by atoms with E-state index in [4.69, 9.17) is 10.4 Å². The van der Waals surface area contributed by atoms with Gasteiger partial charge in [-0.15, -0.1) is 0 Å². The highest BCUT2D eigenvalue weighted by Gasteiger charge is 2.41. The van der Waals surface area contributed by atoms with Crippen LogP contribution in [0.3, 0.4) is 0 Å². The smallest absolute Gasteiger partial charge is 0.322 e. The summed E-state index contributed by atoms with van der Waals surface area (Å²) in [5, 5.41) is 20.0. The number of rotatable bonds is 2. The van der Waals surface area contributed by atoms with Crippen LogP contribution in [0, 0.1) is 23.1 Å². The van der Waals surface area contributed by atoms with Gasteiger partial charge >= 0.3 is 5.97 Å². The number of amides is 1. The average Bonchev–Trinajstić information content (AvgIpc) is 2.56. The summed E-state index contributed by atoms with van der Waals surface area (Å²) in [5.41, 5.74) is 0.562. The van der Waals surface area contributed by atoms with Gasteiger partial charge in [0.1, 0.15) is 5.82 Å². The maximum atomic E-state index is 13.1. The minimum Gasteiger partial charge on any atom is -0.480 e. The highest BCUT2D eigenvalue weighted by Crippen LogP contribution is 2.37. The number of hydrogen-bond donors (Lipinski definition) is 2. The van der Waals surface area contributed by atoms with E-state index in [0.29, 0.717) is 5.69 Å². The van der Waals surface area contributed by atoms with Gasteiger partial charge in [0.25, 0.3) is 0 Å². The number of hydrogen-bond acceptors (Lipinski definition) is 3. The maximum absolute atomic E-state index is 13.1. The molecule has 2 rings (SSSR count). The first-order chi connectivity index (χ1) is 8.04. The lowest BCUT2D eigenvalue weighted by Gasteiger charge is -2.10. The number of fused-ring (bicyclic) bond motifs is 1. The molecule has 0 radical (unpaired) electrons. The minimum absolute atomic E-state index is 0.212. The topological polar surface area (TPSA) is 90.2 Å². The van der Waals surface area contributed by atoms with Crippen LogP contribution in [-0.2, 0) is 9.59 Å². The number of nitrogens with zero attached hydrogens (tertiary/aromatic N) is 1. The molecule has 1 amide bonds. The van der Waals surface area contributed by atoms with Crippen molar-refractivity contribution in [3.63, 3.8) is 0 Å². The fourth-order valence-corrected chi connectivity index (χ4v) is 1.86. The Bertz CT molecular complexity index is 550. The van der Waals surface area contributed by atoms with Crippen molar-refractivity contribution in [3.8, 4) is 6.07 Å². The number of aliphatic carboxylic acids is 1. The third-order valence-electron chi connectivity index (χ3n) is 2.63. The molecule has 0 spiro atoms. The lowest BCUT2D eigenvalue weighted by atomic mass is 9.88. The van der Waals surface area contributed by atoms with Gasteiger partial charge in [0.05, 0.1) is 12.0 Å². The monoisotopic (exact) mass is 234 g/mol. The highest BCUT2D eigenvalue weighted by atomic mass is 19.1. The number of carbonyl (C=O) groups is 2. The normalized spacial score (nSPS) is 19.1. The number of carbonyl (C=O) groups excluding carboxylic acids is 1. The van der Waals surface area contributed by atoms with Crippen LogP contribution in [0.5, 0.6) is 0 Å². The summed E-state index contributed by atoms with van der Waals surface area (Å²) in [6.07, 6.45) is 0. The molecule has 1 aromatic rings. The van der Waals surface area contributed by atoms with Gasteiger partial charge in [0, 0.05) is 5.69 Å². The first-order valence-corrected chi connectivity index (χ1v) is 4.77. The Morgan fingerprint density at radius 2 is 2.29 bits per heavy atom. The summed E-state index contributed by atoms with van der Waals surface area (Å²) in [4.78, 5) is 22.5. The second kappa shape index (κ2) is 3.87. The number of benzene rings is 1. The minimum atomic E-state index is -1.52. The molecule has 86 valence electrons. The molecule has 0 bridgehead atoms. The van der Waals surface area contributed by atoms with Crippen LogP contribution >= 0.6 is 0 Å². The molecule has 2 N–H and O–H groups in total. The summed E-state index contributed by atoms with van der Waals surface area (Å²) in [6, 6.07) is 5.13. The second-order valence-corrected chi connectivity index (χ2v) is 3.64. The van der Waals surface area contributed by atoms with Crippen LogP contribution in [0.1, 0.15) is 11.5 Å². The van der Waals surface area contributed by atoms with E-state index in [1.807, 2.05) is 0 Å². The summed E-state index contributed by atoms with van der Waals surface area (Å²) in [6.45, 7) is 0. The van der Waals surface area contributed by atoms with E-state index in [9.17, 15) is 14.0 Å². The number of carboxylic acids is 1. The molecule has 1 aliphatic rings. The molecule has 1 aromatic carbocycles. The Labute approximate surface area is 95.5 Å². The van der Waals surface area contributed by atoms with Crippen molar-refractivity contribution < 1.29 is 19.1 Å². The van der Waals surface area contributed by atoms with Gasteiger partial charge < -0.3 is 10.4 Å². The fourth-order valence-electron chi connectivity index (χ4n) is 1.86. The van der Waals surface area contributed by atoms with Gasteiger partial charge in [0.15, 0.2) is 5.92 Å². The van der Waals surface area contributed by atoms with Gasteiger partial charge in [-0.1, -0.05) is 0 Å². The molecule has 0 saturated carbocycles. The van der Waals surface area contributed by atoms with Gasteiger partial charge in [-0.2, -0.15) is 5.26 Å². The predicted molar refractivity (Wildman–Crippen MR) is 54.5 cm³/mol. The average molecular weight is 234 g/mol. The van der Waals surface area contributed by atoms with Crippen molar-refractivity contribution in [2.45, 2.75) is 5.92 Å². The molecular formula is C11H7FN2O3. The molecule has 2 atom stereocenters. The van der Waals surface area contributed by atoms with Crippen LogP contribution < -0.4 is 5.32 Å². The van der Waals surface area contributed by atoms with E-state index < -0.39 is 29.5 Å². The number of anilines is 1. The lowest BCUT2D eigenvalue weighted by molar-refractivity contribution is -0.142. The number of halogens is 1. The Morgan fingerprint density at radius 1 is 1.59 bits per heavy atom. The SMILES string of the molecule is N#CC(C(=O)O)C1C(=O)Nc2ccc(F)cc21. The standard InChI is InChI=1S/C11H7FN2O3/c12-5-1-2-8-6(3-5)9(10(15)14-8)7(4-13)11(16)17/h1-3,7,9H,(H,14,15)(H,16,17). The third-order valence-corrected chi connectivity index (χ3v) is 2.63. The maximum Gasteiger partial charge on any atom is 0.322 e. The van der Waals surface area contributed by atoms with Crippen LogP contribution in [0.25, 0.3) is 0 Å². The van der Waals surface area contributed by atoms with Crippen LogP contribution in [-0.4, -0.2) is 17.0 Å². The first kappa shape index (κ1) is 11.1. The lowest BCUT2D eigenvalue weighted by Crippen LogP contribution is -2.26. The largest absolute Gasteiger partial charge is 0.480 e. The van der Waals surface area contributed by atoms with Crippen LogP contribution in [0.2, 0.25) is 0 Å². The summed E-state index contributed by atoms with van der Waals surface area (Å²) in [5.74, 6) is -5.25. The Balaban J connectivity index is 2.51. The summed E-state index contributed by atoms with van der Waals surface area (Å²) in [7, 11) is 0. The molecule has 5 nitrogen and oxygen atoms in total.